The molecule has 1 aromatic heterocycles. The number of hydrogen-bond acceptors (Lipinski definition) is 4. The van der Waals surface area contributed by atoms with Crippen molar-refractivity contribution >= 4 is 57.5 Å². The molecular formula is C16H13ClIN3OS. The van der Waals surface area contributed by atoms with E-state index in [9.17, 15) is 10.1 Å². The van der Waals surface area contributed by atoms with E-state index in [1.807, 2.05) is 24.3 Å². The Labute approximate surface area is 157 Å². The van der Waals surface area contributed by atoms with Crippen molar-refractivity contribution in [2.24, 2.45) is 0 Å². The Kier molecular flexibility index (Phi) is 6.27. The number of aryl methyl sites for hydroxylation is 1. The molecule has 0 aliphatic heterocycles. The van der Waals surface area contributed by atoms with Crippen LogP contribution in [0.5, 0.6) is 0 Å². The molecule has 0 fully saturated rings. The van der Waals surface area contributed by atoms with Crippen LogP contribution in [0.1, 0.15) is 16.8 Å². The highest BCUT2D eigenvalue weighted by Crippen LogP contribution is 2.29. The average molecular weight is 458 g/mol. The van der Waals surface area contributed by atoms with Gasteiger partial charge in [-0.1, -0.05) is 35.5 Å². The molecule has 0 aliphatic carbocycles. The summed E-state index contributed by atoms with van der Waals surface area (Å²) in [6.07, 6.45) is 0. The SMILES string of the molecule is Cc1nc(SCC(=O)Nc2ccccc2I)c(C#N)c(C)c1Cl. The Morgan fingerprint density at radius 3 is 2.78 bits per heavy atom. The minimum absolute atomic E-state index is 0.143. The summed E-state index contributed by atoms with van der Waals surface area (Å²) in [6, 6.07) is 9.66. The molecule has 0 aliphatic rings. The predicted molar refractivity (Wildman–Crippen MR) is 102 cm³/mol. The summed E-state index contributed by atoms with van der Waals surface area (Å²) in [5.74, 6) is 0.0303. The third-order valence-electron chi connectivity index (χ3n) is 3.10. The van der Waals surface area contributed by atoms with E-state index in [1.165, 1.54) is 11.8 Å². The minimum Gasteiger partial charge on any atom is -0.324 e. The summed E-state index contributed by atoms with van der Waals surface area (Å²) in [5.41, 5.74) is 2.55. The van der Waals surface area contributed by atoms with Gasteiger partial charge in [0.2, 0.25) is 5.91 Å². The van der Waals surface area contributed by atoms with Gasteiger partial charge in [0.25, 0.3) is 0 Å². The van der Waals surface area contributed by atoms with E-state index >= 15 is 0 Å². The summed E-state index contributed by atoms with van der Waals surface area (Å²) < 4.78 is 0.970. The van der Waals surface area contributed by atoms with Crippen molar-refractivity contribution in [2.75, 3.05) is 11.1 Å². The second-order valence-electron chi connectivity index (χ2n) is 4.74. The van der Waals surface area contributed by atoms with E-state index in [1.54, 1.807) is 13.8 Å². The monoisotopic (exact) mass is 457 g/mol. The van der Waals surface area contributed by atoms with Crippen LogP contribution in [0.25, 0.3) is 0 Å². The Morgan fingerprint density at radius 1 is 1.43 bits per heavy atom. The first-order valence-corrected chi connectivity index (χ1v) is 9.12. The number of hydrogen-bond donors (Lipinski definition) is 1. The van der Waals surface area contributed by atoms with Crippen molar-refractivity contribution in [3.63, 3.8) is 0 Å². The molecule has 23 heavy (non-hydrogen) atoms. The molecule has 2 rings (SSSR count). The number of nitriles is 1. The highest BCUT2D eigenvalue weighted by molar-refractivity contribution is 14.1. The molecule has 0 saturated heterocycles. The van der Waals surface area contributed by atoms with Crippen LogP contribution in [-0.2, 0) is 4.79 Å². The zero-order valence-corrected chi connectivity index (χ0v) is 16.2. The van der Waals surface area contributed by atoms with Crippen molar-refractivity contribution in [2.45, 2.75) is 18.9 Å². The number of carbonyl (C=O) groups is 1. The number of anilines is 1. The molecule has 0 spiro atoms. The van der Waals surface area contributed by atoms with E-state index in [-0.39, 0.29) is 11.7 Å². The Morgan fingerprint density at radius 2 is 2.13 bits per heavy atom. The quantitative estimate of drug-likeness (QED) is 0.540. The van der Waals surface area contributed by atoms with Gasteiger partial charge in [-0.25, -0.2) is 4.98 Å². The maximum Gasteiger partial charge on any atom is 0.234 e. The lowest BCUT2D eigenvalue weighted by molar-refractivity contribution is -0.113. The zero-order valence-electron chi connectivity index (χ0n) is 12.5. The number of carbonyl (C=O) groups excluding carboxylic acids is 1. The zero-order chi connectivity index (χ0) is 17.0. The number of aromatic nitrogens is 1. The maximum atomic E-state index is 12.1. The second kappa shape index (κ2) is 7.99. The summed E-state index contributed by atoms with van der Waals surface area (Å²) >= 11 is 9.52. The van der Waals surface area contributed by atoms with E-state index in [0.717, 1.165) is 9.26 Å². The van der Waals surface area contributed by atoms with Gasteiger partial charge in [0.1, 0.15) is 11.1 Å². The predicted octanol–water partition coefficient (Wildman–Crippen LogP) is 4.56. The number of para-hydroxylation sites is 1. The topological polar surface area (TPSA) is 65.8 Å². The van der Waals surface area contributed by atoms with Crippen molar-refractivity contribution < 1.29 is 4.79 Å². The molecule has 0 radical (unpaired) electrons. The lowest BCUT2D eigenvalue weighted by Gasteiger charge is -2.10. The maximum absolute atomic E-state index is 12.1. The molecule has 1 aromatic carbocycles. The minimum atomic E-state index is -0.143. The highest BCUT2D eigenvalue weighted by atomic mass is 127. The molecular weight excluding hydrogens is 445 g/mol. The van der Waals surface area contributed by atoms with Gasteiger partial charge in [-0.15, -0.1) is 0 Å². The van der Waals surface area contributed by atoms with Crippen LogP contribution in [0.15, 0.2) is 29.3 Å². The molecule has 1 N–H and O–H groups in total. The summed E-state index contributed by atoms with van der Waals surface area (Å²) in [4.78, 5) is 16.4. The number of benzene rings is 1. The van der Waals surface area contributed by atoms with Crippen LogP contribution < -0.4 is 5.32 Å². The van der Waals surface area contributed by atoms with Crippen molar-refractivity contribution in [3.05, 3.63) is 49.7 Å². The summed E-state index contributed by atoms with van der Waals surface area (Å²) in [5, 5.41) is 13.2. The third-order valence-corrected chi connectivity index (χ3v) is 5.58. The summed E-state index contributed by atoms with van der Waals surface area (Å²) in [7, 11) is 0. The van der Waals surface area contributed by atoms with Crippen LogP contribution in [0.4, 0.5) is 5.69 Å². The Bertz CT molecular complexity index is 805. The molecule has 4 nitrogen and oxygen atoms in total. The molecule has 1 amide bonds. The van der Waals surface area contributed by atoms with Gasteiger partial charge in [-0.3, -0.25) is 4.79 Å². The third kappa shape index (κ3) is 4.37. The van der Waals surface area contributed by atoms with E-state index < -0.39 is 0 Å². The van der Waals surface area contributed by atoms with Gasteiger partial charge in [0.05, 0.1) is 27.7 Å². The molecule has 2 aromatic rings. The van der Waals surface area contributed by atoms with Crippen LogP contribution in [0.3, 0.4) is 0 Å². The van der Waals surface area contributed by atoms with Crippen LogP contribution in [0, 0.1) is 28.7 Å². The van der Waals surface area contributed by atoms with Crippen molar-refractivity contribution in [3.8, 4) is 6.07 Å². The number of pyridine rings is 1. The molecule has 1 heterocycles. The number of nitrogens with one attached hydrogen (secondary N) is 1. The number of nitrogens with zero attached hydrogens (tertiary/aromatic N) is 2. The first kappa shape index (κ1) is 18.0. The van der Waals surface area contributed by atoms with Gasteiger partial charge in [-0.05, 0) is 54.1 Å². The number of thioether (sulfide) groups is 1. The van der Waals surface area contributed by atoms with Crippen LogP contribution in [-0.4, -0.2) is 16.6 Å². The van der Waals surface area contributed by atoms with Gasteiger partial charge >= 0.3 is 0 Å². The molecule has 0 saturated carbocycles. The fourth-order valence-electron chi connectivity index (χ4n) is 1.92. The summed E-state index contributed by atoms with van der Waals surface area (Å²) in [6.45, 7) is 3.57. The highest BCUT2D eigenvalue weighted by Gasteiger charge is 2.15. The second-order valence-corrected chi connectivity index (χ2v) is 7.25. The van der Waals surface area contributed by atoms with Crippen LogP contribution >= 0.6 is 46.0 Å². The van der Waals surface area contributed by atoms with Gasteiger partial charge in [-0.2, -0.15) is 5.26 Å². The van der Waals surface area contributed by atoms with E-state index in [0.29, 0.717) is 26.9 Å². The number of amides is 1. The fourth-order valence-corrected chi connectivity index (χ4v) is 3.46. The lowest BCUT2D eigenvalue weighted by atomic mass is 10.1. The van der Waals surface area contributed by atoms with Crippen molar-refractivity contribution in [1.82, 2.24) is 4.98 Å². The number of halogens is 2. The molecule has 118 valence electrons. The lowest BCUT2D eigenvalue weighted by Crippen LogP contribution is -2.15. The standard InChI is InChI=1S/C16H13ClIN3OS/c1-9-11(7-19)16(20-10(2)15(9)17)23-8-14(22)21-13-6-4-3-5-12(13)18/h3-6H,8H2,1-2H3,(H,21,22). The average Bonchev–Trinajstić information content (AvgIpc) is 2.53. The molecule has 0 unspecified atom stereocenters. The van der Waals surface area contributed by atoms with E-state index in [2.05, 4.69) is 39.0 Å². The largest absolute Gasteiger partial charge is 0.324 e. The first-order valence-electron chi connectivity index (χ1n) is 6.68. The van der Waals surface area contributed by atoms with Gasteiger partial charge < -0.3 is 5.32 Å². The smallest absolute Gasteiger partial charge is 0.234 e. The number of rotatable bonds is 4. The fraction of sp³-hybridized carbons (Fsp3) is 0.188. The van der Waals surface area contributed by atoms with Gasteiger partial charge in [0, 0.05) is 3.57 Å². The van der Waals surface area contributed by atoms with E-state index in [4.69, 9.17) is 11.6 Å². The molecule has 0 bridgehead atoms. The normalized spacial score (nSPS) is 10.2. The molecule has 0 atom stereocenters. The molecule has 7 heteroatoms. The Hall–Kier alpha value is -1.30. The van der Waals surface area contributed by atoms with Gasteiger partial charge in [0.15, 0.2) is 0 Å². The van der Waals surface area contributed by atoms with Crippen molar-refractivity contribution in [1.29, 1.82) is 5.26 Å². The first-order chi connectivity index (χ1) is 10.9. The Balaban J connectivity index is 2.11. The van der Waals surface area contributed by atoms with Crippen LogP contribution in [0.2, 0.25) is 5.02 Å².